The first-order valence-electron chi connectivity index (χ1n) is 6.01. The quantitative estimate of drug-likeness (QED) is 0.743. The van der Waals surface area contributed by atoms with Crippen LogP contribution in [0.4, 0.5) is 0 Å². The zero-order chi connectivity index (χ0) is 13.7. The van der Waals surface area contributed by atoms with Crippen LogP contribution in [0.25, 0.3) is 0 Å². The standard InChI is InChI=1S/C15H15BrClNS/c1-18-15(13-7-2-3-8-14(13)17)10-19-12-6-4-5-11(16)9-12/h2-9,15,18H,10H2,1H3. The molecule has 0 saturated heterocycles. The van der Waals surface area contributed by atoms with Crippen LogP contribution in [0, 0.1) is 0 Å². The van der Waals surface area contributed by atoms with E-state index in [0.717, 1.165) is 20.8 Å². The molecular formula is C15H15BrClNS. The molecule has 0 spiro atoms. The fourth-order valence-electron chi connectivity index (χ4n) is 1.82. The van der Waals surface area contributed by atoms with E-state index in [0.29, 0.717) is 0 Å². The van der Waals surface area contributed by atoms with Gasteiger partial charge in [-0.25, -0.2) is 0 Å². The molecule has 2 aromatic carbocycles. The van der Waals surface area contributed by atoms with E-state index in [-0.39, 0.29) is 6.04 Å². The third kappa shape index (κ3) is 4.25. The molecule has 0 aliphatic rings. The first kappa shape index (κ1) is 14.9. The Hall–Kier alpha value is -0.480. The number of benzene rings is 2. The summed E-state index contributed by atoms with van der Waals surface area (Å²) in [7, 11) is 1.97. The van der Waals surface area contributed by atoms with Crippen molar-refractivity contribution in [3.63, 3.8) is 0 Å². The van der Waals surface area contributed by atoms with Crippen LogP contribution in [0.2, 0.25) is 5.02 Å². The van der Waals surface area contributed by atoms with Gasteiger partial charge in [-0.1, -0.05) is 51.8 Å². The van der Waals surface area contributed by atoms with Gasteiger partial charge in [-0.2, -0.15) is 0 Å². The van der Waals surface area contributed by atoms with Gasteiger partial charge in [0, 0.05) is 26.2 Å². The highest BCUT2D eigenvalue weighted by atomic mass is 79.9. The van der Waals surface area contributed by atoms with Crippen molar-refractivity contribution >= 4 is 39.3 Å². The Bertz CT molecular complexity index is 547. The van der Waals surface area contributed by atoms with Crippen LogP contribution in [-0.4, -0.2) is 12.8 Å². The van der Waals surface area contributed by atoms with Gasteiger partial charge in [0.1, 0.15) is 0 Å². The second-order valence-corrected chi connectivity index (χ2v) is 6.55. The summed E-state index contributed by atoms with van der Waals surface area (Å²) >= 11 is 11.6. The molecule has 19 heavy (non-hydrogen) atoms. The molecule has 1 unspecified atom stereocenters. The van der Waals surface area contributed by atoms with Gasteiger partial charge in [-0.15, -0.1) is 11.8 Å². The molecule has 1 atom stereocenters. The first-order chi connectivity index (χ1) is 9.20. The molecular weight excluding hydrogens is 342 g/mol. The van der Waals surface area contributed by atoms with Crippen LogP contribution >= 0.6 is 39.3 Å². The first-order valence-corrected chi connectivity index (χ1v) is 8.16. The Balaban J connectivity index is 2.06. The van der Waals surface area contributed by atoms with Gasteiger partial charge in [0.25, 0.3) is 0 Å². The average Bonchev–Trinajstić information content (AvgIpc) is 2.41. The van der Waals surface area contributed by atoms with Crippen LogP contribution in [0.15, 0.2) is 57.9 Å². The Morgan fingerprint density at radius 2 is 2.00 bits per heavy atom. The van der Waals surface area contributed by atoms with E-state index in [1.54, 1.807) is 0 Å². The molecule has 2 aromatic rings. The maximum Gasteiger partial charge on any atom is 0.0454 e. The van der Waals surface area contributed by atoms with E-state index >= 15 is 0 Å². The Kier molecular flexibility index (Phi) is 5.76. The van der Waals surface area contributed by atoms with Gasteiger partial charge in [0.15, 0.2) is 0 Å². The highest BCUT2D eigenvalue weighted by Gasteiger charge is 2.12. The predicted molar refractivity (Wildman–Crippen MR) is 88.1 cm³/mol. The lowest BCUT2D eigenvalue weighted by Gasteiger charge is -2.17. The van der Waals surface area contributed by atoms with Gasteiger partial charge in [0.05, 0.1) is 0 Å². The highest BCUT2D eigenvalue weighted by Crippen LogP contribution is 2.29. The molecule has 2 rings (SSSR count). The second kappa shape index (κ2) is 7.34. The van der Waals surface area contributed by atoms with Gasteiger partial charge in [-0.3, -0.25) is 0 Å². The van der Waals surface area contributed by atoms with Gasteiger partial charge in [-0.05, 0) is 36.9 Å². The smallest absolute Gasteiger partial charge is 0.0454 e. The lowest BCUT2D eigenvalue weighted by atomic mass is 10.1. The van der Waals surface area contributed by atoms with E-state index in [1.165, 1.54) is 4.90 Å². The molecule has 0 radical (unpaired) electrons. The summed E-state index contributed by atoms with van der Waals surface area (Å²) in [4.78, 5) is 1.25. The van der Waals surface area contributed by atoms with Crippen LogP contribution in [-0.2, 0) is 0 Å². The number of hydrogen-bond donors (Lipinski definition) is 1. The fraction of sp³-hybridized carbons (Fsp3) is 0.200. The minimum absolute atomic E-state index is 0.248. The van der Waals surface area contributed by atoms with Gasteiger partial charge >= 0.3 is 0 Å². The maximum atomic E-state index is 6.25. The summed E-state index contributed by atoms with van der Waals surface area (Å²) in [5.41, 5.74) is 1.15. The molecule has 1 N–H and O–H groups in total. The molecule has 0 heterocycles. The summed E-state index contributed by atoms with van der Waals surface area (Å²) in [6, 6.07) is 16.6. The van der Waals surface area contributed by atoms with Crippen molar-refractivity contribution in [1.82, 2.24) is 5.32 Å². The van der Waals surface area contributed by atoms with E-state index in [9.17, 15) is 0 Å². The molecule has 4 heteroatoms. The van der Waals surface area contributed by atoms with Crippen molar-refractivity contribution in [2.24, 2.45) is 0 Å². The number of nitrogens with one attached hydrogen (secondary N) is 1. The predicted octanol–water partition coefficient (Wildman–Crippen LogP) is 5.16. The van der Waals surface area contributed by atoms with Crippen molar-refractivity contribution in [2.75, 3.05) is 12.8 Å². The lowest BCUT2D eigenvalue weighted by molar-refractivity contribution is 0.662. The molecule has 0 fully saturated rings. The van der Waals surface area contributed by atoms with Gasteiger partial charge < -0.3 is 5.32 Å². The monoisotopic (exact) mass is 355 g/mol. The Morgan fingerprint density at radius 3 is 2.68 bits per heavy atom. The maximum absolute atomic E-state index is 6.25. The molecule has 0 bridgehead atoms. The fourth-order valence-corrected chi connectivity index (χ4v) is 3.73. The number of halogens is 2. The third-order valence-electron chi connectivity index (χ3n) is 2.84. The van der Waals surface area contributed by atoms with Crippen LogP contribution < -0.4 is 5.32 Å². The van der Waals surface area contributed by atoms with Crippen molar-refractivity contribution in [2.45, 2.75) is 10.9 Å². The molecule has 100 valence electrons. The van der Waals surface area contributed by atoms with Crippen molar-refractivity contribution < 1.29 is 0 Å². The molecule has 0 saturated carbocycles. The SMILES string of the molecule is CNC(CSc1cccc(Br)c1)c1ccccc1Cl. The summed E-state index contributed by atoms with van der Waals surface area (Å²) in [6.07, 6.45) is 0. The summed E-state index contributed by atoms with van der Waals surface area (Å²) in [6.45, 7) is 0. The van der Waals surface area contributed by atoms with Crippen molar-refractivity contribution in [3.8, 4) is 0 Å². The normalized spacial score (nSPS) is 12.4. The van der Waals surface area contributed by atoms with E-state index in [2.05, 4.69) is 45.5 Å². The van der Waals surface area contributed by atoms with Gasteiger partial charge in [0.2, 0.25) is 0 Å². The average molecular weight is 357 g/mol. The molecule has 0 aromatic heterocycles. The van der Waals surface area contributed by atoms with Crippen LogP contribution in [0.1, 0.15) is 11.6 Å². The minimum atomic E-state index is 0.248. The van der Waals surface area contributed by atoms with E-state index in [4.69, 9.17) is 11.6 Å². The molecule has 0 aliphatic heterocycles. The largest absolute Gasteiger partial charge is 0.312 e. The molecule has 0 aliphatic carbocycles. The third-order valence-corrected chi connectivity index (χ3v) is 4.77. The van der Waals surface area contributed by atoms with E-state index in [1.807, 2.05) is 43.1 Å². The van der Waals surface area contributed by atoms with Crippen molar-refractivity contribution in [1.29, 1.82) is 0 Å². The minimum Gasteiger partial charge on any atom is -0.312 e. The zero-order valence-electron chi connectivity index (χ0n) is 10.6. The van der Waals surface area contributed by atoms with Crippen molar-refractivity contribution in [3.05, 3.63) is 63.6 Å². The Labute approximate surface area is 131 Å². The molecule has 0 amide bonds. The summed E-state index contributed by atoms with van der Waals surface area (Å²) in [5, 5.41) is 4.14. The summed E-state index contributed by atoms with van der Waals surface area (Å²) < 4.78 is 1.11. The topological polar surface area (TPSA) is 12.0 Å². The number of rotatable bonds is 5. The summed E-state index contributed by atoms with van der Waals surface area (Å²) in [5.74, 6) is 0.941. The number of hydrogen-bond acceptors (Lipinski definition) is 2. The second-order valence-electron chi connectivity index (χ2n) is 4.13. The van der Waals surface area contributed by atoms with Crippen LogP contribution in [0.5, 0.6) is 0 Å². The molecule has 1 nitrogen and oxygen atoms in total. The lowest BCUT2D eigenvalue weighted by Crippen LogP contribution is -2.19. The highest BCUT2D eigenvalue weighted by molar-refractivity contribution is 9.10. The zero-order valence-corrected chi connectivity index (χ0v) is 13.7. The Morgan fingerprint density at radius 1 is 1.21 bits per heavy atom. The van der Waals surface area contributed by atoms with Crippen LogP contribution in [0.3, 0.4) is 0 Å². The van der Waals surface area contributed by atoms with E-state index < -0.39 is 0 Å². The number of thioether (sulfide) groups is 1.